The number of nitrogens with zero attached hydrogens (tertiary/aromatic N) is 4. The number of rotatable bonds is 4. The Morgan fingerprint density at radius 1 is 1.29 bits per heavy atom. The molecule has 0 saturated heterocycles. The number of nitrogen functional groups attached to an aromatic ring is 1. The van der Waals surface area contributed by atoms with Gasteiger partial charge in [-0.05, 0) is 12.1 Å². The lowest BCUT2D eigenvalue weighted by Crippen LogP contribution is -2.31. The highest BCUT2D eigenvalue weighted by atomic mass is 32.2. The van der Waals surface area contributed by atoms with Crippen LogP contribution in [0.3, 0.4) is 0 Å². The minimum Gasteiger partial charge on any atom is -0.384 e. The van der Waals surface area contributed by atoms with Gasteiger partial charge in [-0.25, -0.2) is 13.4 Å². The summed E-state index contributed by atoms with van der Waals surface area (Å²) in [5, 5.41) is 17.0. The fraction of sp³-hybridized carbons (Fsp3) is 0.222. The zero-order valence-corrected chi connectivity index (χ0v) is 9.55. The fourth-order valence-electron chi connectivity index (χ4n) is 1.08. The number of hydrogen-bond donors (Lipinski definition) is 1. The smallest absolute Gasteiger partial charge is 0.246 e. The van der Waals surface area contributed by atoms with Gasteiger partial charge in [0.15, 0.2) is 0 Å². The highest BCUT2D eigenvalue weighted by Crippen LogP contribution is 2.14. The van der Waals surface area contributed by atoms with Crippen molar-refractivity contribution in [3.63, 3.8) is 0 Å². The van der Waals surface area contributed by atoms with Crippen molar-refractivity contribution in [3.05, 3.63) is 18.3 Å². The minimum atomic E-state index is -3.87. The first-order valence-corrected chi connectivity index (χ1v) is 5.92. The molecule has 0 spiro atoms. The first-order chi connectivity index (χ1) is 8.02. The summed E-state index contributed by atoms with van der Waals surface area (Å²) in [7, 11) is -3.87. The van der Waals surface area contributed by atoms with Gasteiger partial charge in [0.05, 0.1) is 12.1 Å². The van der Waals surface area contributed by atoms with Crippen LogP contribution in [0.2, 0.25) is 0 Å². The van der Waals surface area contributed by atoms with E-state index in [9.17, 15) is 8.42 Å². The molecule has 0 aromatic carbocycles. The van der Waals surface area contributed by atoms with Crippen LogP contribution in [0.15, 0.2) is 23.2 Å². The molecule has 1 rings (SSSR count). The molecule has 1 aromatic heterocycles. The quantitative estimate of drug-likeness (QED) is 0.732. The summed E-state index contributed by atoms with van der Waals surface area (Å²) in [5.74, 6) is 0.191. The minimum absolute atomic E-state index is 0.0998. The first kappa shape index (κ1) is 12.9. The normalized spacial score (nSPS) is 10.8. The molecule has 17 heavy (non-hydrogen) atoms. The fourth-order valence-corrected chi connectivity index (χ4v) is 2.26. The molecule has 88 valence electrons. The molecule has 0 amide bonds. The molecule has 0 bridgehead atoms. The van der Waals surface area contributed by atoms with E-state index in [4.69, 9.17) is 16.3 Å². The number of pyridine rings is 1. The van der Waals surface area contributed by atoms with E-state index in [1.165, 1.54) is 12.1 Å². The Balaban J connectivity index is 3.13. The average molecular weight is 251 g/mol. The van der Waals surface area contributed by atoms with Crippen molar-refractivity contribution in [2.24, 2.45) is 0 Å². The second-order valence-corrected chi connectivity index (χ2v) is 4.95. The summed E-state index contributed by atoms with van der Waals surface area (Å²) in [4.78, 5) is 3.55. The molecule has 1 aromatic rings. The lowest BCUT2D eigenvalue weighted by atomic mass is 10.5. The van der Waals surface area contributed by atoms with Crippen LogP contribution in [0.5, 0.6) is 0 Å². The maximum atomic E-state index is 12.0. The first-order valence-electron chi connectivity index (χ1n) is 4.48. The van der Waals surface area contributed by atoms with E-state index in [2.05, 4.69) is 4.98 Å². The van der Waals surface area contributed by atoms with Gasteiger partial charge in [-0.3, -0.25) is 0 Å². The zero-order chi connectivity index (χ0) is 12.9. The lowest BCUT2D eigenvalue weighted by molar-refractivity contribution is 0.479. The third-order valence-electron chi connectivity index (χ3n) is 1.89. The molecule has 0 aliphatic carbocycles. The van der Waals surface area contributed by atoms with Crippen molar-refractivity contribution in [2.45, 2.75) is 4.90 Å². The molecule has 7 nitrogen and oxygen atoms in total. The van der Waals surface area contributed by atoms with Crippen molar-refractivity contribution >= 4 is 15.8 Å². The molecule has 2 N–H and O–H groups in total. The van der Waals surface area contributed by atoms with E-state index in [-0.39, 0.29) is 23.8 Å². The average Bonchev–Trinajstić information content (AvgIpc) is 2.29. The van der Waals surface area contributed by atoms with E-state index >= 15 is 0 Å². The van der Waals surface area contributed by atoms with E-state index < -0.39 is 10.0 Å². The lowest BCUT2D eigenvalue weighted by Gasteiger charge is -2.15. The van der Waals surface area contributed by atoms with Crippen molar-refractivity contribution in [2.75, 3.05) is 18.8 Å². The van der Waals surface area contributed by atoms with Gasteiger partial charge in [0.25, 0.3) is 0 Å². The molecule has 0 saturated carbocycles. The van der Waals surface area contributed by atoms with E-state index in [0.717, 1.165) is 10.5 Å². The van der Waals surface area contributed by atoms with Gasteiger partial charge in [-0.1, -0.05) is 0 Å². The maximum absolute atomic E-state index is 12.0. The van der Waals surface area contributed by atoms with Crippen LogP contribution in [0.1, 0.15) is 0 Å². The van der Waals surface area contributed by atoms with Gasteiger partial charge in [-0.2, -0.15) is 14.8 Å². The van der Waals surface area contributed by atoms with Crippen molar-refractivity contribution in [1.29, 1.82) is 10.5 Å². The second-order valence-electron chi connectivity index (χ2n) is 3.01. The highest BCUT2D eigenvalue weighted by Gasteiger charge is 2.24. The molecule has 8 heteroatoms. The summed E-state index contributed by atoms with van der Waals surface area (Å²) in [6, 6.07) is 6.00. The van der Waals surface area contributed by atoms with Crippen LogP contribution in [-0.4, -0.2) is 30.8 Å². The van der Waals surface area contributed by atoms with E-state index in [1.54, 1.807) is 12.1 Å². The number of nitrogens with two attached hydrogens (primary N) is 1. The Bertz CT molecular complexity index is 551. The summed E-state index contributed by atoms with van der Waals surface area (Å²) in [6.07, 6.45) is 1.09. The van der Waals surface area contributed by atoms with Gasteiger partial charge in [-0.15, -0.1) is 0 Å². The molecule has 0 aliphatic rings. The summed E-state index contributed by atoms with van der Waals surface area (Å²) >= 11 is 0. The molecule has 0 radical (unpaired) electrons. The molecule has 0 atom stereocenters. The SMILES string of the molecule is N#CCN(CC#N)S(=O)(=O)c1ccc(N)nc1. The van der Waals surface area contributed by atoms with E-state index in [1.807, 2.05) is 0 Å². The number of hydrogen-bond acceptors (Lipinski definition) is 6. The van der Waals surface area contributed by atoms with Crippen LogP contribution in [0, 0.1) is 22.7 Å². The van der Waals surface area contributed by atoms with Gasteiger partial charge in [0, 0.05) is 6.20 Å². The standard InChI is InChI=1S/C9H9N5O2S/c10-3-5-14(6-4-11)17(15,16)8-1-2-9(12)13-7-8/h1-2,7H,5-6H2,(H2,12,13). The monoisotopic (exact) mass is 251 g/mol. The second kappa shape index (κ2) is 5.25. The number of anilines is 1. The number of aromatic nitrogens is 1. The van der Waals surface area contributed by atoms with Crippen LogP contribution < -0.4 is 5.73 Å². The Morgan fingerprint density at radius 3 is 2.29 bits per heavy atom. The topological polar surface area (TPSA) is 124 Å². The molecular weight excluding hydrogens is 242 g/mol. The summed E-state index contributed by atoms with van der Waals surface area (Å²) in [6.45, 7) is -0.777. The van der Waals surface area contributed by atoms with Crippen molar-refractivity contribution in [1.82, 2.24) is 9.29 Å². The highest BCUT2D eigenvalue weighted by molar-refractivity contribution is 7.89. The van der Waals surface area contributed by atoms with Crippen LogP contribution in [0.25, 0.3) is 0 Å². The third kappa shape index (κ3) is 2.91. The Labute approximate surface area is 98.8 Å². The molecule has 0 aliphatic heterocycles. The maximum Gasteiger partial charge on any atom is 0.246 e. The van der Waals surface area contributed by atoms with Gasteiger partial charge in [0.2, 0.25) is 10.0 Å². The van der Waals surface area contributed by atoms with Crippen LogP contribution in [0.4, 0.5) is 5.82 Å². The molecular formula is C9H9N5O2S. The Hall–Kier alpha value is -2.16. The zero-order valence-electron chi connectivity index (χ0n) is 8.74. The van der Waals surface area contributed by atoms with Gasteiger partial charge < -0.3 is 5.73 Å². The predicted octanol–water partition coefficient (Wildman–Crippen LogP) is -0.298. The van der Waals surface area contributed by atoms with E-state index in [0.29, 0.717) is 0 Å². The van der Waals surface area contributed by atoms with Crippen molar-refractivity contribution < 1.29 is 8.42 Å². The van der Waals surface area contributed by atoms with Crippen LogP contribution >= 0.6 is 0 Å². The molecule has 0 fully saturated rings. The van der Waals surface area contributed by atoms with Gasteiger partial charge >= 0.3 is 0 Å². The Kier molecular flexibility index (Phi) is 3.99. The third-order valence-corrected chi connectivity index (χ3v) is 3.67. The molecule has 0 unspecified atom stereocenters. The largest absolute Gasteiger partial charge is 0.384 e. The van der Waals surface area contributed by atoms with Crippen LogP contribution in [-0.2, 0) is 10.0 Å². The van der Waals surface area contributed by atoms with Gasteiger partial charge in [0.1, 0.15) is 23.8 Å². The summed E-state index contributed by atoms with van der Waals surface area (Å²) in [5.41, 5.74) is 5.34. The summed E-state index contributed by atoms with van der Waals surface area (Å²) < 4.78 is 24.7. The molecule has 1 heterocycles. The van der Waals surface area contributed by atoms with Crippen molar-refractivity contribution in [3.8, 4) is 12.1 Å². The number of sulfonamides is 1. The Morgan fingerprint density at radius 2 is 1.88 bits per heavy atom. The number of nitriles is 2. The predicted molar refractivity (Wildman–Crippen MR) is 58.6 cm³/mol.